The van der Waals surface area contributed by atoms with Gasteiger partial charge < -0.3 is 10.0 Å². The molecule has 2 aromatic rings. The molecule has 6 heteroatoms. The molecule has 19 heavy (non-hydrogen) atoms. The Balaban J connectivity index is 2.28. The molecule has 100 valence electrons. The summed E-state index contributed by atoms with van der Waals surface area (Å²) in [5, 5.41) is 9.51. The van der Waals surface area contributed by atoms with Crippen LogP contribution in [0.4, 0.5) is 10.2 Å². The van der Waals surface area contributed by atoms with Crippen molar-refractivity contribution in [3.05, 3.63) is 52.7 Å². The Morgan fingerprint density at radius 3 is 2.74 bits per heavy atom. The van der Waals surface area contributed by atoms with Crippen molar-refractivity contribution in [3.8, 4) is 0 Å². The van der Waals surface area contributed by atoms with Gasteiger partial charge in [0, 0.05) is 19.2 Å². The minimum absolute atomic E-state index is 0.202. The van der Waals surface area contributed by atoms with Crippen LogP contribution in [0, 0.1) is 5.82 Å². The molecule has 1 aromatic heterocycles. The van der Waals surface area contributed by atoms with Crippen molar-refractivity contribution in [2.75, 3.05) is 11.9 Å². The standard InChI is InChI=1S/C13H13ClFN3O/c1-18(6-9-4-2-3-5-11(9)15)13-10(7-19)12(14)16-8-17-13/h2-5,8,19H,6-7H2,1H3. The number of nitrogens with zero attached hydrogens (tertiary/aromatic N) is 3. The Kier molecular flexibility index (Phi) is 4.29. The number of hydrogen-bond donors (Lipinski definition) is 1. The minimum Gasteiger partial charge on any atom is -0.391 e. The molecule has 2 rings (SSSR count). The number of aliphatic hydroxyl groups is 1. The lowest BCUT2D eigenvalue weighted by Crippen LogP contribution is -2.20. The molecular weight excluding hydrogens is 269 g/mol. The van der Waals surface area contributed by atoms with Crippen LogP contribution >= 0.6 is 11.6 Å². The first-order valence-corrected chi connectivity index (χ1v) is 6.06. The fourth-order valence-corrected chi connectivity index (χ4v) is 1.99. The maximum absolute atomic E-state index is 13.6. The Bertz CT molecular complexity index is 580. The molecule has 0 aliphatic rings. The maximum atomic E-state index is 13.6. The number of aromatic nitrogens is 2. The van der Waals surface area contributed by atoms with Crippen LogP contribution in [0.1, 0.15) is 11.1 Å². The average Bonchev–Trinajstić information content (AvgIpc) is 2.41. The van der Waals surface area contributed by atoms with Crippen molar-refractivity contribution in [2.45, 2.75) is 13.2 Å². The fraction of sp³-hybridized carbons (Fsp3) is 0.231. The molecular formula is C13H13ClFN3O. The number of anilines is 1. The van der Waals surface area contributed by atoms with E-state index >= 15 is 0 Å². The summed E-state index contributed by atoms with van der Waals surface area (Å²) in [4.78, 5) is 9.61. The van der Waals surface area contributed by atoms with Gasteiger partial charge >= 0.3 is 0 Å². The SMILES string of the molecule is CN(Cc1ccccc1F)c1ncnc(Cl)c1CO. The Labute approximate surface area is 115 Å². The summed E-state index contributed by atoms with van der Waals surface area (Å²) < 4.78 is 13.6. The highest BCUT2D eigenvalue weighted by atomic mass is 35.5. The second kappa shape index (κ2) is 5.95. The molecule has 0 fully saturated rings. The van der Waals surface area contributed by atoms with Crippen molar-refractivity contribution < 1.29 is 9.50 Å². The molecule has 4 nitrogen and oxygen atoms in total. The van der Waals surface area contributed by atoms with Crippen molar-refractivity contribution in [1.29, 1.82) is 0 Å². The normalized spacial score (nSPS) is 10.5. The molecule has 0 atom stereocenters. The van der Waals surface area contributed by atoms with Crippen molar-refractivity contribution in [2.24, 2.45) is 0 Å². The quantitative estimate of drug-likeness (QED) is 0.875. The van der Waals surface area contributed by atoms with E-state index in [1.54, 1.807) is 30.1 Å². The molecule has 0 aliphatic carbocycles. The zero-order chi connectivity index (χ0) is 13.8. The highest BCUT2D eigenvalue weighted by Crippen LogP contribution is 2.23. The molecule has 0 radical (unpaired) electrons. The van der Waals surface area contributed by atoms with Gasteiger partial charge in [-0.2, -0.15) is 0 Å². The van der Waals surface area contributed by atoms with Gasteiger partial charge in [-0.3, -0.25) is 0 Å². The molecule has 0 saturated heterocycles. The third kappa shape index (κ3) is 3.00. The lowest BCUT2D eigenvalue weighted by atomic mass is 10.2. The monoisotopic (exact) mass is 281 g/mol. The van der Waals surface area contributed by atoms with Crippen molar-refractivity contribution in [3.63, 3.8) is 0 Å². The fourth-order valence-electron chi connectivity index (χ4n) is 1.80. The van der Waals surface area contributed by atoms with Crippen LogP contribution in [0.25, 0.3) is 0 Å². The van der Waals surface area contributed by atoms with Gasteiger partial charge in [0.1, 0.15) is 23.1 Å². The summed E-state index contributed by atoms with van der Waals surface area (Å²) >= 11 is 5.90. The van der Waals surface area contributed by atoms with E-state index in [2.05, 4.69) is 9.97 Å². The molecule has 1 N–H and O–H groups in total. The van der Waals surface area contributed by atoms with Gasteiger partial charge in [0.05, 0.1) is 12.2 Å². The number of halogens is 2. The third-order valence-corrected chi connectivity index (χ3v) is 3.08. The number of rotatable bonds is 4. The highest BCUT2D eigenvalue weighted by Gasteiger charge is 2.14. The van der Waals surface area contributed by atoms with Crippen LogP contribution in [0.5, 0.6) is 0 Å². The van der Waals surface area contributed by atoms with Crippen molar-refractivity contribution in [1.82, 2.24) is 9.97 Å². The zero-order valence-corrected chi connectivity index (χ0v) is 11.1. The van der Waals surface area contributed by atoms with E-state index in [0.29, 0.717) is 23.5 Å². The first kappa shape index (κ1) is 13.7. The summed E-state index contributed by atoms with van der Waals surface area (Å²) in [5.41, 5.74) is 0.978. The van der Waals surface area contributed by atoms with E-state index in [1.165, 1.54) is 12.4 Å². The minimum atomic E-state index is -0.278. The summed E-state index contributed by atoms with van der Waals surface area (Å²) in [5.74, 6) is 0.214. The Hall–Kier alpha value is -1.72. The van der Waals surface area contributed by atoms with Crippen LogP contribution in [-0.2, 0) is 13.2 Å². The molecule has 1 aromatic carbocycles. The molecule has 0 amide bonds. The van der Waals surface area contributed by atoms with Gasteiger partial charge in [-0.25, -0.2) is 14.4 Å². The largest absolute Gasteiger partial charge is 0.391 e. The first-order valence-electron chi connectivity index (χ1n) is 5.68. The van der Waals surface area contributed by atoms with Gasteiger partial charge in [-0.05, 0) is 6.07 Å². The second-order valence-electron chi connectivity index (χ2n) is 4.07. The van der Waals surface area contributed by atoms with E-state index in [1.807, 2.05) is 0 Å². The van der Waals surface area contributed by atoms with Crippen LogP contribution in [0.2, 0.25) is 5.15 Å². The summed E-state index contributed by atoms with van der Waals surface area (Å²) in [7, 11) is 1.75. The number of hydrogen-bond acceptors (Lipinski definition) is 4. The first-order chi connectivity index (χ1) is 9.13. The summed E-state index contributed by atoms with van der Waals surface area (Å²) in [6, 6.07) is 6.52. The molecule has 0 aliphatic heterocycles. The zero-order valence-electron chi connectivity index (χ0n) is 10.3. The second-order valence-corrected chi connectivity index (χ2v) is 4.43. The predicted octanol–water partition coefficient (Wildman–Crippen LogP) is 2.40. The van der Waals surface area contributed by atoms with E-state index < -0.39 is 0 Å². The summed E-state index contributed by atoms with van der Waals surface area (Å²) in [6.07, 6.45) is 1.31. The lowest BCUT2D eigenvalue weighted by molar-refractivity contribution is 0.281. The smallest absolute Gasteiger partial charge is 0.140 e. The van der Waals surface area contributed by atoms with Gasteiger partial charge in [0.25, 0.3) is 0 Å². The highest BCUT2D eigenvalue weighted by molar-refractivity contribution is 6.30. The van der Waals surface area contributed by atoms with Gasteiger partial charge in [-0.15, -0.1) is 0 Å². The van der Waals surface area contributed by atoms with E-state index in [4.69, 9.17) is 11.6 Å². The number of benzene rings is 1. The van der Waals surface area contributed by atoms with Gasteiger partial charge in [0.15, 0.2) is 0 Å². The maximum Gasteiger partial charge on any atom is 0.140 e. The van der Waals surface area contributed by atoms with Crippen molar-refractivity contribution >= 4 is 17.4 Å². The summed E-state index contributed by atoms with van der Waals surface area (Å²) in [6.45, 7) is 0.0592. The molecule has 0 spiro atoms. The topological polar surface area (TPSA) is 49.2 Å². The van der Waals surface area contributed by atoms with Crippen LogP contribution < -0.4 is 4.90 Å². The van der Waals surface area contributed by atoms with Crippen LogP contribution in [-0.4, -0.2) is 22.1 Å². The van der Waals surface area contributed by atoms with Gasteiger partial charge in [0.2, 0.25) is 0 Å². The average molecular weight is 282 g/mol. The van der Waals surface area contributed by atoms with Gasteiger partial charge in [-0.1, -0.05) is 29.8 Å². The van der Waals surface area contributed by atoms with E-state index in [-0.39, 0.29) is 17.6 Å². The van der Waals surface area contributed by atoms with Crippen LogP contribution in [0.3, 0.4) is 0 Å². The molecule has 0 saturated carbocycles. The molecule has 0 bridgehead atoms. The number of aliphatic hydroxyl groups excluding tert-OH is 1. The Morgan fingerprint density at radius 2 is 2.05 bits per heavy atom. The third-order valence-electron chi connectivity index (χ3n) is 2.76. The lowest BCUT2D eigenvalue weighted by Gasteiger charge is -2.21. The molecule has 1 heterocycles. The van der Waals surface area contributed by atoms with Crippen LogP contribution in [0.15, 0.2) is 30.6 Å². The molecule has 0 unspecified atom stereocenters. The van der Waals surface area contributed by atoms with E-state index in [0.717, 1.165) is 0 Å². The van der Waals surface area contributed by atoms with E-state index in [9.17, 15) is 9.50 Å². The Morgan fingerprint density at radius 1 is 1.32 bits per heavy atom. The predicted molar refractivity (Wildman–Crippen MR) is 71.5 cm³/mol.